The summed E-state index contributed by atoms with van der Waals surface area (Å²) < 4.78 is 7.06. The van der Waals surface area contributed by atoms with Crippen molar-refractivity contribution in [3.63, 3.8) is 0 Å². The van der Waals surface area contributed by atoms with Crippen LogP contribution < -0.4 is 0 Å². The van der Waals surface area contributed by atoms with Crippen molar-refractivity contribution in [1.82, 2.24) is 28.7 Å². The number of hydrogen-bond donors (Lipinski definition) is 0. The third kappa shape index (κ3) is 4.24. The third-order valence-corrected chi connectivity index (χ3v) is 11.9. The maximum Gasteiger partial charge on any atom is 0.238 e. The minimum Gasteiger partial charge on any atom is -0.316 e. The van der Waals surface area contributed by atoms with Crippen LogP contribution in [-0.2, 0) is 5.41 Å². The first-order valence-electron chi connectivity index (χ1n) is 19.1. The van der Waals surface area contributed by atoms with Gasteiger partial charge in [-0.2, -0.15) is 9.97 Å². The zero-order chi connectivity index (χ0) is 37.1. The number of hydrogen-bond acceptors (Lipinski definition) is 3. The van der Waals surface area contributed by atoms with Crippen LogP contribution in [0.3, 0.4) is 0 Å². The predicted molar refractivity (Wildman–Crippen MR) is 228 cm³/mol. The molecule has 0 radical (unpaired) electrons. The summed E-state index contributed by atoms with van der Waals surface area (Å²) in [5, 5.41) is 6.04. The molecule has 0 bridgehead atoms. The Kier molecular flexibility index (Phi) is 6.30. The summed E-state index contributed by atoms with van der Waals surface area (Å²) >= 11 is 0. The van der Waals surface area contributed by atoms with E-state index in [1.807, 2.05) is 60.7 Å². The Labute approximate surface area is 322 Å². The van der Waals surface area contributed by atoms with Crippen LogP contribution in [0.15, 0.2) is 170 Å². The Bertz CT molecular complexity index is 3330. The van der Waals surface area contributed by atoms with E-state index in [1.165, 1.54) is 49.5 Å². The normalized spacial score (nSPS) is 13.3. The summed E-state index contributed by atoms with van der Waals surface area (Å²) in [6, 6.07) is 58.2. The second-order valence-corrected chi connectivity index (χ2v) is 15.3. The number of rotatable bonds is 4. The van der Waals surface area contributed by atoms with Crippen LogP contribution in [-0.4, -0.2) is 28.7 Å². The SMILES string of the molecule is CC1(C)c2ccccc2-n2ccc3c2c1cc1c2ccccc2n(-c2ccc4c(c2)c2ccccc2n4-c2nc(-c4ccccc4)nc(-c4ccccc4)n2)c13. The van der Waals surface area contributed by atoms with E-state index in [0.717, 1.165) is 38.6 Å². The van der Waals surface area contributed by atoms with Gasteiger partial charge in [-0.05, 0) is 59.7 Å². The molecule has 11 aromatic rings. The molecule has 0 N–H and O–H groups in total. The molecule has 0 fully saturated rings. The fraction of sp³-hybridized carbons (Fsp3) is 0.0600. The highest BCUT2D eigenvalue weighted by Crippen LogP contribution is 2.48. The predicted octanol–water partition coefficient (Wildman–Crippen LogP) is 12.0. The van der Waals surface area contributed by atoms with Gasteiger partial charge in [-0.3, -0.25) is 4.57 Å². The molecule has 1 aliphatic rings. The maximum absolute atomic E-state index is 5.15. The first-order chi connectivity index (χ1) is 27.5. The summed E-state index contributed by atoms with van der Waals surface area (Å²) in [6.07, 6.45) is 2.25. The lowest BCUT2D eigenvalue weighted by Gasteiger charge is -2.34. The van der Waals surface area contributed by atoms with Crippen LogP contribution in [0.5, 0.6) is 0 Å². The molecular formula is C50H34N6. The number of fused-ring (bicyclic) bond motifs is 9. The lowest BCUT2D eigenvalue weighted by atomic mass is 9.74. The molecule has 0 spiro atoms. The Morgan fingerprint density at radius 1 is 0.429 bits per heavy atom. The van der Waals surface area contributed by atoms with Crippen molar-refractivity contribution in [3.05, 3.63) is 181 Å². The van der Waals surface area contributed by atoms with Crippen LogP contribution in [0.2, 0.25) is 0 Å². The molecule has 0 unspecified atom stereocenters. The number of nitrogens with zero attached hydrogens (tertiary/aromatic N) is 6. The molecule has 0 saturated carbocycles. The molecule has 0 aliphatic carbocycles. The van der Waals surface area contributed by atoms with Gasteiger partial charge in [0.1, 0.15) is 0 Å². The highest BCUT2D eigenvalue weighted by molar-refractivity contribution is 6.20. The first-order valence-corrected chi connectivity index (χ1v) is 19.1. The average Bonchev–Trinajstić information content (AvgIpc) is 3.94. The van der Waals surface area contributed by atoms with Crippen molar-refractivity contribution in [2.24, 2.45) is 0 Å². The van der Waals surface area contributed by atoms with Gasteiger partial charge in [0.2, 0.25) is 5.95 Å². The Morgan fingerprint density at radius 2 is 1.02 bits per heavy atom. The van der Waals surface area contributed by atoms with Gasteiger partial charge in [0.25, 0.3) is 0 Å². The summed E-state index contributed by atoms with van der Waals surface area (Å²) in [7, 11) is 0. The lowest BCUT2D eigenvalue weighted by molar-refractivity contribution is 0.629. The second-order valence-electron chi connectivity index (χ2n) is 15.3. The monoisotopic (exact) mass is 718 g/mol. The number of para-hydroxylation sites is 3. The van der Waals surface area contributed by atoms with Gasteiger partial charge in [-0.1, -0.05) is 129 Å². The average molecular weight is 719 g/mol. The molecule has 0 saturated heterocycles. The third-order valence-electron chi connectivity index (χ3n) is 11.9. The highest BCUT2D eigenvalue weighted by Gasteiger charge is 2.35. The van der Waals surface area contributed by atoms with Gasteiger partial charge in [-0.15, -0.1) is 0 Å². The van der Waals surface area contributed by atoms with Crippen molar-refractivity contribution in [3.8, 4) is 40.1 Å². The van der Waals surface area contributed by atoms with Crippen LogP contribution in [0.4, 0.5) is 0 Å². The van der Waals surface area contributed by atoms with Crippen molar-refractivity contribution < 1.29 is 0 Å². The molecule has 12 rings (SSSR count). The first kappa shape index (κ1) is 31.1. The van der Waals surface area contributed by atoms with Crippen LogP contribution in [0.1, 0.15) is 25.0 Å². The van der Waals surface area contributed by atoms with Crippen molar-refractivity contribution in [1.29, 1.82) is 0 Å². The molecule has 0 amide bonds. The molecule has 264 valence electrons. The van der Waals surface area contributed by atoms with E-state index >= 15 is 0 Å². The van der Waals surface area contributed by atoms with Crippen molar-refractivity contribution in [2.45, 2.75) is 19.3 Å². The summed E-state index contributed by atoms with van der Waals surface area (Å²) in [5.74, 6) is 1.86. The molecule has 6 nitrogen and oxygen atoms in total. The van der Waals surface area contributed by atoms with E-state index in [1.54, 1.807) is 0 Å². The molecule has 0 atom stereocenters. The lowest BCUT2D eigenvalue weighted by Crippen LogP contribution is -2.26. The largest absolute Gasteiger partial charge is 0.316 e. The Hall–Kier alpha value is -7.31. The smallest absolute Gasteiger partial charge is 0.238 e. The van der Waals surface area contributed by atoms with E-state index < -0.39 is 0 Å². The summed E-state index contributed by atoms with van der Waals surface area (Å²) in [6.45, 7) is 4.73. The number of aromatic nitrogens is 6. The van der Waals surface area contributed by atoms with E-state index in [2.05, 4.69) is 137 Å². The maximum atomic E-state index is 5.15. The number of benzene rings is 7. The Balaban J connectivity index is 1.13. The van der Waals surface area contributed by atoms with Crippen LogP contribution in [0, 0.1) is 0 Å². The molecule has 1 aliphatic heterocycles. The minimum atomic E-state index is -0.156. The van der Waals surface area contributed by atoms with Gasteiger partial charge in [0.15, 0.2) is 11.6 Å². The van der Waals surface area contributed by atoms with Crippen molar-refractivity contribution in [2.75, 3.05) is 0 Å². The zero-order valence-electron chi connectivity index (χ0n) is 30.8. The van der Waals surface area contributed by atoms with Crippen LogP contribution >= 0.6 is 0 Å². The van der Waals surface area contributed by atoms with E-state index in [-0.39, 0.29) is 5.41 Å². The summed E-state index contributed by atoms with van der Waals surface area (Å²) in [4.78, 5) is 15.3. The quantitative estimate of drug-likeness (QED) is 0.182. The van der Waals surface area contributed by atoms with E-state index in [4.69, 9.17) is 15.0 Å². The molecule has 6 heteroatoms. The molecule has 56 heavy (non-hydrogen) atoms. The highest BCUT2D eigenvalue weighted by atomic mass is 15.2. The topological polar surface area (TPSA) is 53.5 Å². The summed E-state index contributed by atoms with van der Waals surface area (Å²) in [5.41, 5.74) is 12.5. The molecule has 4 aromatic heterocycles. The fourth-order valence-electron chi connectivity index (χ4n) is 9.30. The van der Waals surface area contributed by atoms with Gasteiger partial charge >= 0.3 is 0 Å². The van der Waals surface area contributed by atoms with Gasteiger partial charge in [0, 0.05) is 61.0 Å². The van der Waals surface area contributed by atoms with Gasteiger partial charge in [0.05, 0.1) is 27.6 Å². The molecule has 5 heterocycles. The van der Waals surface area contributed by atoms with Crippen LogP contribution in [0.25, 0.3) is 94.6 Å². The van der Waals surface area contributed by atoms with E-state index in [9.17, 15) is 0 Å². The molecule has 7 aromatic carbocycles. The van der Waals surface area contributed by atoms with Crippen molar-refractivity contribution >= 4 is 54.5 Å². The zero-order valence-corrected chi connectivity index (χ0v) is 30.8. The second kappa shape index (κ2) is 11.4. The minimum absolute atomic E-state index is 0.156. The molecular weight excluding hydrogens is 685 g/mol. The Morgan fingerprint density at radius 3 is 1.73 bits per heavy atom. The fourth-order valence-corrected chi connectivity index (χ4v) is 9.30. The van der Waals surface area contributed by atoms with E-state index in [0.29, 0.717) is 17.6 Å². The standard InChI is InChI=1S/C50H34N6/c1-50(2)39-21-11-14-24-44(39)54-28-27-36-45-38(30-40(50)46(36)54)35-20-10-12-22-41(35)55(45)33-25-26-43-37(29-33)34-19-9-13-23-42(34)56(43)49-52-47(31-15-5-3-6-16-31)51-48(53-49)32-17-7-4-8-18-32/h3-30H,1-2H3. The van der Waals surface area contributed by atoms with Gasteiger partial charge in [-0.25, -0.2) is 4.98 Å². The van der Waals surface area contributed by atoms with Gasteiger partial charge < -0.3 is 9.13 Å².